The number of hydrogen-bond acceptors (Lipinski definition) is 2. The number of carbonyl (C=O) groups excluding carboxylic acids is 1. The summed E-state index contributed by atoms with van der Waals surface area (Å²) in [6.45, 7) is 3.81. The quantitative estimate of drug-likeness (QED) is 0.858. The maximum absolute atomic E-state index is 13.1. The van der Waals surface area contributed by atoms with E-state index in [4.69, 9.17) is 0 Å². The molecule has 1 aromatic carbocycles. The van der Waals surface area contributed by atoms with E-state index in [0.29, 0.717) is 11.0 Å². The number of nitrogens with one attached hydrogen (secondary N) is 2. The molecule has 1 spiro atoms. The van der Waals surface area contributed by atoms with E-state index in [0.717, 1.165) is 50.1 Å². The first-order valence-corrected chi connectivity index (χ1v) is 8.60. The number of aromatic nitrogens is 1. The minimum Gasteiger partial charge on any atom is -0.366 e. The van der Waals surface area contributed by atoms with Crippen LogP contribution in [0.3, 0.4) is 0 Å². The van der Waals surface area contributed by atoms with Gasteiger partial charge in [0, 0.05) is 37.6 Å². The van der Waals surface area contributed by atoms with E-state index in [2.05, 4.69) is 10.3 Å². The minimum atomic E-state index is -0.270. The van der Waals surface area contributed by atoms with Crippen molar-refractivity contribution in [3.05, 3.63) is 48.0 Å². The van der Waals surface area contributed by atoms with Gasteiger partial charge in [0.15, 0.2) is 0 Å². The second-order valence-electron chi connectivity index (χ2n) is 7.01. The van der Waals surface area contributed by atoms with Crippen molar-refractivity contribution in [1.29, 1.82) is 0 Å². The molecule has 3 heterocycles. The summed E-state index contributed by atoms with van der Waals surface area (Å²) in [5.74, 6) is -0.204. The third kappa shape index (κ3) is 3.44. The topological polar surface area (TPSA) is 48.1 Å². The number of amides is 1. The van der Waals surface area contributed by atoms with Gasteiger partial charge in [0.25, 0.3) is 5.91 Å². The Kier molecular flexibility index (Phi) is 5.16. The van der Waals surface area contributed by atoms with Crippen molar-refractivity contribution < 1.29 is 9.18 Å². The fraction of sp³-hybridized carbons (Fsp3) is 0.421. The Hall–Kier alpha value is -1.85. The Morgan fingerprint density at radius 3 is 2.44 bits per heavy atom. The summed E-state index contributed by atoms with van der Waals surface area (Å²) in [6, 6.07) is 6.28. The van der Waals surface area contributed by atoms with E-state index < -0.39 is 0 Å². The van der Waals surface area contributed by atoms with Crippen molar-refractivity contribution in [2.24, 2.45) is 5.41 Å². The smallest absolute Gasteiger partial charge is 0.256 e. The van der Waals surface area contributed by atoms with Crippen LogP contribution >= 0.6 is 12.4 Å². The highest BCUT2D eigenvalue weighted by Gasteiger charge is 2.38. The van der Waals surface area contributed by atoms with E-state index in [1.807, 2.05) is 11.1 Å². The Balaban J connectivity index is 0.00000182. The average molecular weight is 364 g/mol. The summed E-state index contributed by atoms with van der Waals surface area (Å²) in [6.07, 6.45) is 6.93. The van der Waals surface area contributed by atoms with Crippen molar-refractivity contribution >= 4 is 18.3 Å². The summed E-state index contributed by atoms with van der Waals surface area (Å²) in [7, 11) is 0. The first-order chi connectivity index (χ1) is 11.7. The van der Waals surface area contributed by atoms with E-state index in [-0.39, 0.29) is 24.1 Å². The Labute approximate surface area is 153 Å². The number of benzene rings is 1. The number of H-pyrrole nitrogens is 1. The van der Waals surface area contributed by atoms with Crippen LogP contribution in [0.2, 0.25) is 0 Å². The molecule has 0 atom stereocenters. The molecule has 2 aromatic rings. The van der Waals surface area contributed by atoms with Gasteiger partial charge in [-0.3, -0.25) is 4.79 Å². The third-order valence-corrected chi connectivity index (χ3v) is 5.57. The van der Waals surface area contributed by atoms with E-state index in [1.165, 1.54) is 18.6 Å². The standard InChI is InChI=1S/C19H22FN3O.ClH/c20-15-3-1-14(2-4-15)16-11-22-12-17(16)18(24)23-9-6-19(7-10-23)5-8-21-13-19;/h1-4,11-12,21-22H,5-10,13H2;1H. The molecule has 0 unspecified atom stereocenters. The zero-order valence-corrected chi connectivity index (χ0v) is 14.9. The number of halogens is 2. The lowest BCUT2D eigenvalue weighted by atomic mass is 9.77. The van der Waals surface area contributed by atoms with Gasteiger partial charge in [0.05, 0.1) is 5.56 Å². The van der Waals surface area contributed by atoms with Crippen LogP contribution in [0.1, 0.15) is 29.6 Å². The number of hydrogen-bond donors (Lipinski definition) is 2. The normalized spacial score (nSPS) is 19.0. The number of aromatic amines is 1. The van der Waals surface area contributed by atoms with Crippen molar-refractivity contribution in [1.82, 2.24) is 15.2 Å². The van der Waals surface area contributed by atoms with Gasteiger partial charge < -0.3 is 15.2 Å². The van der Waals surface area contributed by atoms with Crippen LogP contribution in [0.5, 0.6) is 0 Å². The zero-order chi connectivity index (χ0) is 16.6. The Morgan fingerprint density at radius 2 is 1.80 bits per heavy atom. The second kappa shape index (κ2) is 7.18. The van der Waals surface area contributed by atoms with Crippen molar-refractivity contribution in [3.8, 4) is 11.1 Å². The molecule has 2 aliphatic rings. The number of nitrogens with zero attached hydrogens (tertiary/aromatic N) is 1. The van der Waals surface area contributed by atoms with Gasteiger partial charge in [-0.1, -0.05) is 12.1 Å². The SMILES string of the molecule is Cl.O=C(c1c[nH]cc1-c1ccc(F)cc1)N1CCC2(CCNC2)CC1. The highest BCUT2D eigenvalue weighted by molar-refractivity contribution is 6.00. The summed E-state index contributed by atoms with van der Waals surface area (Å²) in [5, 5.41) is 3.45. The lowest BCUT2D eigenvalue weighted by Gasteiger charge is -2.38. The lowest BCUT2D eigenvalue weighted by Crippen LogP contribution is -2.44. The molecule has 1 amide bonds. The largest absolute Gasteiger partial charge is 0.366 e. The molecule has 0 aliphatic carbocycles. The minimum absolute atomic E-state index is 0. The van der Waals surface area contributed by atoms with Crippen LogP contribution < -0.4 is 5.32 Å². The second-order valence-corrected chi connectivity index (χ2v) is 7.01. The summed E-state index contributed by atoms with van der Waals surface area (Å²) < 4.78 is 13.1. The van der Waals surface area contributed by atoms with Crippen LogP contribution in [0.25, 0.3) is 11.1 Å². The average Bonchev–Trinajstić information content (AvgIpc) is 3.26. The van der Waals surface area contributed by atoms with Gasteiger partial charge in [0.2, 0.25) is 0 Å². The van der Waals surface area contributed by atoms with Crippen LogP contribution in [0.4, 0.5) is 4.39 Å². The third-order valence-electron chi connectivity index (χ3n) is 5.57. The van der Waals surface area contributed by atoms with Gasteiger partial charge >= 0.3 is 0 Å². The molecule has 134 valence electrons. The highest BCUT2D eigenvalue weighted by Crippen LogP contribution is 2.37. The summed E-state index contributed by atoms with van der Waals surface area (Å²) >= 11 is 0. The van der Waals surface area contributed by atoms with Crippen molar-refractivity contribution in [2.75, 3.05) is 26.2 Å². The maximum atomic E-state index is 13.1. The first-order valence-electron chi connectivity index (χ1n) is 8.60. The zero-order valence-electron chi connectivity index (χ0n) is 14.1. The van der Waals surface area contributed by atoms with Crippen LogP contribution in [0.15, 0.2) is 36.7 Å². The van der Waals surface area contributed by atoms with E-state index in [1.54, 1.807) is 18.3 Å². The molecular formula is C19H23ClFN3O. The fourth-order valence-corrected chi connectivity index (χ4v) is 3.99. The summed E-state index contributed by atoms with van der Waals surface area (Å²) in [4.78, 5) is 17.9. The van der Waals surface area contributed by atoms with E-state index >= 15 is 0 Å². The first kappa shape index (κ1) is 18.0. The maximum Gasteiger partial charge on any atom is 0.256 e. The molecule has 2 saturated heterocycles. The highest BCUT2D eigenvalue weighted by atomic mass is 35.5. The molecule has 2 N–H and O–H groups in total. The predicted molar refractivity (Wildman–Crippen MR) is 98.5 cm³/mol. The molecule has 0 bridgehead atoms. The Morgan fingerprint density at radius 1 is 1.08 bits per heavy atom. The van der Waals surface area contributed by atoms with Gasteiger partial charge in [-0.15, -0.1) is 12.4 Å². The fourth-order valence-electron chi connectivity index (χ4n) is 3.99. The molecule has 1 aromatic heterocycles. The van der Waals surface area contributed by atoms with Crippen LogP contribution in [-0.2, 0) is 0 Å². The van der Waals surface area contributed by atoms with E-state index in [9.17, 15) is 9.18 Å². The van der Waals surface area contributed by atoms with Crippen LogP contribution in [0, 0.1) is 11.2 Å². The molecule has 2 fully saturated rings. The van der Waals surface area contributed by atoms with Gasteiger partial charge in [-0.2, -0.15) is 0 Å². The van der Waals surface area contributed by atoms with Crippen molar-refractivity contribution in [2.45, 2.75) is 19.3 Å². The monoisotopic (exact) mass is 363 g/mol. The predicted octanol–water partition coefficient (Wildman–Crippen LogP) is 3.46. The molecule has 25 heavy (non-hydrogen) atoms. The van der Waals surface area contributed by atoms with Gasteiger partial charge in [0.1, 0.15) is 5.82 Å². The molecular weight excluding hydrogens is 341 g/mol. The number of piperidine rings is 1. The van der Waals surface area contributed by atoms with Crippen molar-refractivity contribution in [3.63, 3.8) is 0 Å². The molecule has 0 saturated carbocycles. The van der Waals surface area contributed by atoms with Crippen LogP contribution in [-0.4, -0.2) is 42.0 Å². The molecule has 0 radical (unpaired) electrons. The number of carbonyl (C=O) groups is 1. The molecule has 2 aliphatic heterocycles. The summed E-state index contributed by atoms with van der Waals surface area (Å²) in [5.41, 5.74) is 2.76. The number of likely N-dealkylation sites (tertiary alicyclic amines) is 1. The molecule has 4 nitrogen and oxygen atoms in total. The molecule has 4 rings (SSSR count). The van der Waals surface area contributed by atoms with Gasteiger partial charge in [-0.05, 0) is 48.9 Å². The van der Waals surface area contributed by atoms with Gasteiger partial charge in [-0.25, -0.2) is 4.39 Å². The Bertz CT molecular complexity index is 727. The molecule has 6 heteroatoms. The number of rotatable bonds is 2. The lowest BCUT2D eigenvalue weighted by molar-refractivity contribution is 0.0608.